The van der Waals surface area contributed by atoms with Gasteiger partial charge in [-0.2, -0.15) is 0 Å². The molecule has 0 bridgehead atoms. The summed E-state index contributed by atoms with van der Waals surface area (Å²) in [6.07, 6.45) is 4.01. The zero-order chi connectivity index (χ0) is 12.8. The van der Waals surface area contributed by atoms with E-state index in [2.05, 4.69) is 20.4 Å². The van der Waals surface area contributed by atoms with Crippen molar-refractivity contribution in [3.05, 3.63) is 35.7 Å². The maximum atomic E-state index is 11.7. The molecule has 0 aliphatic carbocycles. The summed E-state index contributed by atoms with van der Waals surface area (Å²) < 4.78 is 9.80. The normalized spacial score (nSPS) is 10.5. The summed E-state index contributed by atoms with van der Waals surface area (Å²) in [6, 6.07) is 1.56. The molecule has 7 heteroatoms. The Labute approximate surface area is 104 Å². The number of hydrogen-bond acceptors (Lipinski definition) is 5. The van der Waals surface area contributed by atoms with E-state index in [1.165, 1.54) is 0 Å². The van der Waals surface area contributed by atoms with Gasteiger partial charge in [-0.1, -0.05) is 5.16 Å². The molecule has 0 atom stereocenters. The van der Waals surface area contributed by atoms with Crippen LogP contribution in [0.2, 0.25) is 0 Å². The highest BCUT2D eigenvalue weighted by molar-refractivity contribution is 5.92. The Morgan fingerprint density at radius 1 is 1.61 bits per heavy atom. The van der Waals surface area contributed by atoms with Crippen LogP contribution in [0.4, 0.5) is 0 Å². The first-order valence-electron chi connectivity index (χ1n) is 5.49. The molecular formula is C11H14N4O3. The number of rotatable bonds is 6. The summed E-state index contributed by atoms with van der Waals surface area (Å²) in [5.74, 6) is 0.261. The molecule has 2 N–H and O–H groups in total. The van der Waals surface area contributed by atoms with Gasteiger partial charge in [0.25, 0.3) is 5.91 Å². The summed E-state index contributed by atoms with van der Waals surface area (Å²) in [7, 11) is 1.55. The number of methoxy groups -OCH3 is 1. The molecule has 1 amide bonds. The third-order valence-electron chi connectivity index (χ3n) is 2.31. The molecule has 2 aromatic heterocycles. The lowest BCUT2D eigenvalue weighted by atomic mass is 10.3. The fraction of sp³-hybridized carbons (Fsp3) is 0.364. The monoisotopic (exact) mass is 250 g/mol. The predicted octanol–water partition coefficient (Wildman–Crippen LogP) is 0.517. The lowest BCUT2D eigenvalue weighted by molar-refractivity contribution is 0.0944. The summed E-state index contributed by atoms with van der Waals surface area (Å²) in [6.45, 7) is 0.807. The molecule has 0 saturated carbocycles. The van der Waals surface area contributed by atoms with Crippen LogP contribution in [-0.2, 0) is 17.8 Å². The van der Waals surface area contributed by atoms with Gasteiger partial charge in [-0.25, -0.2) is 4.98 Å². The quantitative estimate of drug-likeness (QED) is 0.779. The van der Waals surface area contributed by atoms with E-state index in [4.69, 9.17) is 9.26 Å². The van der Waals surface area contributed by atoms with Gasteiger partial charge in [-0.3, -0.25) is 4.79 Å². The second kappa shape index (κ2) is 5.97. The lowest BCUT2D eigenvalue weighted by Crippen LogP contribution is -2.26. The Morgan fingerprint density at radius 2 is 2.50 bits per heavy atom. The van der Waals surface area contributed by atoms with Gasteiger partial charge in [-0.05, 0) is 0 Å². The standard InChI is InChI=1S/C11H14N4O3/c1-17-6-9-4-10(15-18-9)11(16)13-3-2-8-5-12-7-14-8/h4-5,7H,2-3,6H2,1H3,(H,12,14)(H,13,16). The third kappa shape index (κ3) is 3.17. The highest BCUT2D eigenvalue weighted by Gasteiger charge is 2.11. The van der Waals surface area contributed by atoms with E-state index < -0.39 is 0 Å². The van der Waals surface area contributed by atoms with E-state index >= 15 is 0 Å². The predicted molar refractivity (Wildman–Crippen MR) is 61.8 cm³/mol. The van der Waals surface area contributed by atoms with Crippen molar-refractivity contribution in [1.29, 1.82) is 0 Å². The van der Waals surface area contributed by atoms with Crippen molar-refractivity contribution in [1.82, 2.24) is 20.4 Å². The van der Waals surface area contributed by atoms with Crippen molar-refractivity contribution >= 4 is 5.91 Å². The zero-order valence-electron chi connectivity index (χ0n) is 9.97. The highest BCUT2D eigenvalue weighted by Crippen LogP contribution is 2.04. The molecule has 0 aliphatic rings. The molecule has 2 aromatic rings. The molecule has 2 heterocycles. The average Bonchev–Trinajstić information content (AvgIpc) is 3.00. The van der Waals surface area contributed by atoms with Gasteiger partial charge < -0.3 is 19.6 Å². The fourth-order valence-corrected chi connectivity index (χ4v) is 1.45. The number of hydrogen-bond donors (Lipinski definition) is 2. The minimum absolute atomic E-state index is 0.256. The average molecular weight is 250 g/mol. The summed E-state index contributed by atoms with van der Waals surface area (Å²) in [5, 5.41) is 6.41. The Balaban J connectivity index is 1.80. The first kappa shape index (κ1) is 12.3. The fourth-order valence-electron chi connectivity index (χ4n) is 1.45. The number of carbonyl (C=O) groups is 1. The van der Waals surface area contributed by atoms with Crippen LogP contribution in [0.3, 0.4) is 0 Å². The van der Waals surface area contributed by atoms with Crippen LogP contribution in [0.15, 0.2) is 23.1 Å². The van der Waals surface area contributed by atoms with Crippen molar-refractivity contribution in [3.8, 4) is 0 Å². The number of aromatic nitrogens is 3. The number of nitrogens with one attached hydrogen (secondary N) is 2. The molecule has 0 unspecified atom stereocenters. The van der Waals surface area contributed by atoms with Gasteiger partial charge in [0.15, 0.2) is 11.5 Å². The van der Waals surface area contributed by atoms with Crippen LogP contribution in [0.5, 0.6) is 0 Å². The van der Waals surface area contributed by atoms with Gasteiger partial charge in [0.2, 0.25) is 0 Å². The number of carbonyl (C=O) groups excluding carboxylic acids is 1. The molecule has 0 fully saturated rings. The molecule has 18 heavy (non-hydrogen) atoms. The van der Waals surface area contributed by atoms with Crippen LogP contribution in [0.1, 0.15) is 21.9 Å². The summed E-state index contributed by atoms with van der Waals surface area (Å²) in [5.41, 5.74) is 1.22. The smallest absolute Gasteiger partial charge is 0.273 e. The van der Waals surface area contributed by atoms with Crippen molar-refractivity contribution < 1.29 is 14.1 Å². The van der Waals surface area contributed by atoms with Crippen molar-refractivity contribution in [2.24, 2.45) is 0 Å². The third-order valence-corrected chi connectivity index (χ3v) is 2.31. The minimum atomic E-state index is -0.263. The first-order valence-corrected chi connectivity index (χ1v) is 5.49. The lowest BCUT2D eigenvalue weighted by Gasteiger charge is -2.00. The molecule has 0 aromatic carbocycles. The number of aromatic amines is 1. The van der Waals surface area contributed by atoms with Gasteiger partial charge in [0, 0.05) is 38.0 Å². The van der Waals surface area contributed by atoms with E-state index in [-0.39, 0.29) is 11.6 Å². The molecule has 0 aliphatic heterocycles. The molecule has 0 spiro atoms. The first-order chi connectivity index (χ1) is 8.79. The van der Waals surface area contributed by atoms with Crippen LogP contribution in [0, 0.1) is 0 Å². The molecule has 2 rings (SSSR count). The number of nitrogens with zero attached hydrogens (tertiary/aromatic N) is 2. The zero-order valence-corrected chi connectivity index (χ0v) is 9.97. The van der Waals surface area contributed by atoms with Crippen molar-refractivity contribution in [2.45, 2.75) is 13.0 Å². The highest BCUT2D eigenvalue weighted by atomic mass is 16.5. The van der Waals surface area contributed by atoms with E-state index in [1.807, 2.05) is 0 Å². The van der Waals surface area contributed by atoms with E-state index in [9.17, 15) is 4.79 Å². The molecule has 96 valence electrons. The minimum Gasteiger partial charge on any atom is -0.377 e. The second-order valence-corrected chi connectivity index (χ2v) is 3.69. The van der Waals surface area contributed by atoms with Gasteiger partial charge in [0.1, 0.15) is 6.61 Å². The van der Waals surface area contributed by atoms with Crippen LogP contribution >= 0.6 is 0 Å². The summed E-state index contributed by atoms with van der Waals surface area (Å²) in [4.78, 5) is 18.5. The van der Waals surface area contributed by atoms with Gasteiger partial charge in [0.05, 0.1) is 6.33 Å². The molecular weight excluding hydrogens is 236 g/mol. The Hall–Kier alpha value is -2.15. The SMILES string of the molecule is COCc1cc(C(=O)NCCc2cnc[nH]2)no1. The van der Waals surface area contributed by atoms with E-state index in [0.29, 0.717) is 25.3 Å². The van der Waals surface area contributed by atoms with Crippen LogP contribution < -0.4 is 5.32 Å². The van der Waals surface area contributed by atoms with Gasteiger partial charge >= 0.3 is 0 Å². The van der Waals surface area contributed by atoms with Crippen molar-refractivity contribution in [3.63, 3.8) is 0 Å². The Morgan fingerprint density at radius 3 is 3.22 bits per heavy atom. The second-order valence-electron chi connectivity index (χ2n) is 3.69. The summed E-state index contributed by atoms with van der Waals surface area (Å²) >= 11 is 0. The number of H-pyrrole nitrogens is 1. The van der Waals surface area contributed by atoms with E-state index in [0.717, 1.165) is 5.69 Å². The van der Waals surface area contributed by atoms with Gasteiger partial charge in [-0.15, -0.1) is 0 Å². The molecule has 0 radical (unpaired) electrons. The molecule has 0 saturated heterocycles. The van der Waals surface area contributed by atoms with E-state index in [1.54, 1.807) is 25.7 Å². The maximum Gasteiger partial charge on any atom is 0.273 e. The topological polar surface area (TPSA) is 93.0 Å². The number of imidazole rings is 1. The maximum absolute atomic E-state index is 11.7. The molecule has 7 nitrogen and oxygen atoms in total. The van der Waals surface area contributed by atoms with Crippen LogP contribution in [0.25, 0.3) is 0 Å². The Kier molecular flexibility index (Phi) is 4.08. The van der Waals surface area contributed by atoms with Crippen molar-refractivity contribution in [2.75, 3.05) is 13.7 Å². The Bertz CT molecular complexity index is 492. The number of ether oxygens (including phenoxy) is 1. The van der Waals surface area contributed by atoms with Crippen LogP contribution in [-0.4, -0.2) is 34.7 Å². The largest absolute Gasteiger partial charge is 0.377 e. The number of amides is 1.